The number of unbranched alkanes of at least 4 members (excludes halogenated alkanes) is 1. The van der Waals surface area contributed by atoms with Crippen molar-refractivity contribution in [1.29, 1.82) is 0 Å². The van der Waals surface area contributed by atoms with Crippen LogP contribution in [0.4, 0.5) is 0 Å². The van der Waals surface area contributed by atoms with Crippen molar-refractivity contribution in [3.63, 3.8) is 0 Å². The third-order valence-corrected chi connectivity index (χ3v) is 13.4. The predicted molar refractivity (Wildman–Crippen MR) is 152 cm³/mol. The maximum absolute atomic E-state index is 6.01. The molecule has 36 heavy (non-hydrogen) atoms. The molecule has 0 heterocycles. The van der Waals surface area contributed by atoms with Gasteiger partial charge in [-0.2, -0.15) is 0 Å². The molecule has 0 fully saturated rings. The van der Waals surface area contributed by atoms with Crippen LogP contribution in [0.2, 0.25) is 0 Å². The molecule has 194 valence electrons. The summed E-state index contributed by atoms with van der Waals surface area (Å²) in [7, 11) is 10.1. The monoisotopic (exact) mass is 531 g/mol. The molecule has 0 N–H and O–H groups in total. The van der Waals surface area contributed by atoms with Crippen molar-refractivity contribution in [3.05, 3.63) is 54.6 Å². The SMILES string of the molecule is CCCCS[P+](c1c(OC)cccc1OC)(c1c(OC)cccc1OC)c1c(OC)cccc1OC. The maximum atomic E-state index is 6.01. The van der Waals surface area contributed by atoms with Crippen LogP contribution in [0.5, 0.6) is 34.5 Å². The Balaban J connectivity index is 2.68. The third kappa shape index (κ3) is 5.05. The van der Waals surface area contributed by atoms with Crippen LogP contribution in [0.3, 0.4) is 0 Å². The van der Waals surface area contributed by atoms with Crippen LogP contribution in [0.25, 0.3) is 0 Å². The van der Waals surface area contributed by atoms with E-state index in [0.717, 1.165) is 34.5 Å². The van der Waals surface area contributed by atoms with E-state index in [1.165, 1.54) is 0 Å². The van der Waals surface area contributed by atoms with Gasteiger partial charge >= 0.3 is 0 Å². The number of benzene rings is 3. The smallest absolute Gasteiger partial charge is 0.199 e. The summed E-state index contributed by atoms with van der Waals surface area (Å²) < 4.78 is 36.1. The van der Waals surface area contributed by atoms with Gasteiger partial charge in [0.2, 0.25) is 0 Å². The minimum atomic E-state index is -2.74. The van der Waals surface area contributed by atoms with E-state index < -0.39 is 6.46 Å². The molecule has 0 aliphatic carbocycles. The van der Waals surface area contributed by atoms with Gasteiger partial charge < -0.3 is 28.4 Å². The lowest BCUT2D eigenvalue weighted by atomic mass is 10.3. The second-order valence-electron chi connectivity index (χ2n) is 7.83. The number of hydrogen-bond donors (Lipinski definition) is 0. The van der Waals surface area contributed by atoms with Gasteiger partial charge in [0.25, 0.3) is 0 Å². The van der Waals surface area contributed by atoms with Crippen molar-refractivity contribution in [2.75, 3.05) is 48.4 Å². The van der Waals surface area contributed by atoms with E-state index in [4.69, 9.17) is 28.4 Å². The van der Waals surface area contributed by atoms with E-state index in [0.29, 0.717) is 34.5 Å². The highest BCUT2D eigenvalue weighted by molar-refractivity contribution is 8.69. The third-order valence-electron chi connectivity index (χ3n) is 5.93. The Morgan fingerprint density at radius 3 is 1.03 bits per heavy atom. The number of methoxy groups -OCH3 is 6. The van der Waals surface area contributed by atoms with E-state index >= 15 is 0 Å². The molecule has 3 aromatic carbocycles. The predicted octanol–water partition coefficient (Wildman–Crippen LogP) is 5.48. The normalized spacial score (nSPS) is 11.1. The lowest BCUT2D eigenvalue weighted by Crippen LogP contribution is -2.34. The highest BCUT2D eigenvalue weighted by Crippen LogP contribution is 2.74. The minimum Gasteiger partial charge on any atom is -0.492 e. The van der Waals surface area contributed by atoms with E-state index in [9.17, 15) is 0 Å². The lowest BCUT2D eigenvalue weighted by molar-refractivity contribution is 0.398. The fourth-order valence-corrected chi connectivity index (χ4v) is 12.9. The average molecular weight is 532 g/mol. The summed E-state index contributed by atoms with van der Waals surface area (Å²) in [6.07, 6.45) is 2.08. The molecule has 3 aromatic rings. The highest BCUT2D eigenvalue weighted by Gasteiger charge is 2.58. The quantitative estimate of drug-likeness (QED) is 0.214. The van der Waals surface area contributed by atoms with E-state index in [1.807, 2.05) is 66.0 Å². The molecule has 0 atom stereocenters. The summed E-state index contributed by atoms with van der Waals surface area (Å²) in [4.78, 5) is 0. The molecule has 0 unspecified atom stereocenters. The highest BCUT2D eigenvalue weighted by atomic mass is 32.7. The molecule has 0 amide bonds. The van der Waals surface area contributed by atoms with Gasteiger partial charge in [-0.1, -0.05) is 31.5 Å². The Bertz CT molecular complexity index is 951. The number of ether oxygens (including phenoxy) is 6. The molecule has 0 aliphatic heterocycles. The second kappa shape index (κ2) is 13.0. The minimum absolute atomic E-state index is 0.715. The van der Waals surface area contributed by atoms with Crippen LogP contribution < -0.4 is 44.3 Å². The molecule has 8 heteroatoms. The summed E-state index contributed by atoms with van der Waals surface area (Å²) in [6, 6.07) is 17.6. The molecule has 0 saturated carbocycles. The van der Waals surface area contributed by atoms with Gasteiger partial charge in [0.15, 0.2) is 56.9 Å². The van der Waals surface area contributed by atoms with Crippen molar-refractivity contribution in [1.82, 2.24) is 0 Å². The first-order valence-corrected chi connectivity index (χ1v) is 15.1. The van der Waals surface area contributed by atoms with Crippen molar-refractivity contribution in [3.8, 4) is 34.5 Å². The van der Waals surface area contributed by atoms with E-state index in [-0.39, 0.29) is 0 Å². The molecular formula is C28H36O6PS+. The van der Waals surface area contributed by atoms with Crippen LogP contribution >= 0.6 is 17.8 Å². The first kappa shape index (κ1) is 27.8. The Hall–Kier alpha value is -2.76. The summed E-state index contributed by atoms with van der Waals surface area (Å²) in [6.45, 7) is -0.549. The topological polar surface area (TPSA) is 55.4 Å². The maximum Gasteiger partial charge on any atom is 0.199 e. The number of rotatable bonds is 13. The molecule has 0 spiro atoms. The fourth-order valence-electron chi connectivity index (χ4n) is 4.30. The Labute approximate surface area is 219 Å². The van der Waals surface area contributed by atoms with Crippen molar-refractivity contribution in [2.45, 2.75) is 19.8 Å². The average Bonchev–Trinajstić information content (AvgIpc) is 2.94. The van der Waals surface area contributed by atoms with Crippen LogP contribution in [0.1, 0.15) is 19.8 Å². The zero-order valence-electron chi connectivity index (χ0n) is 22.1. The van der Waals surface area contributed by atoms with Crippen molar-refractivity contribution < 1.29 is 28.4 Å². The van der Waals surface area contributed by atoms with Crippen LogP contribution in [0, 0.1) is 0 Å². The molecule has 0 saturated heterocycles. The second-order valence-corrected chi connectivity index (χ2v) is 13.5. The standard InChI is InChI=1S/C28H36O6PS/c1-8-9-19-36-35(26-20(29-2)13-10-14-21(26)30-3,27-22(31-4)15-11-16-23(27)32-5)28-24(33-6)17-12-18-25(28)34-7/h10-18H,8-9,19H2,1-7H3/q+1. The molecule has 0 radical (unpaired) electrons. The van der Waals surface area contributed by atoms with Gasteiger partial charge in [-0.3, -0.25) is 0 Å². The van der Waals surface area contributed by atoms with Crippen LogP contribution in [-0.2, 0) is 0 Å². The van der Waals surface area contributed by atoms with Gasteiger partial charge in [0, 0.05) is 17.1 Å². The van der Waals surface area contributed by atoms with Crippen LogP contribution in [0.15, 0.2) is 54.6 Å². The Morgan fingerprint density at radius 2 is 0.806 bits per heavy atom. The summed E-state index contributed by atoms with van der Waals surface area (Å²) in [5.41, 5.74) is 0. The molecular weight excluding hydrogens is 495 g/mol. The zero-order valence-corrected chi connectivity index (χ0v) is 23.8. The first-order chi connectivity index (χ1) is 17.6. The van der Waals surface area contributed by atoms with Gasteiger partial charge in [0.05, 0.1) is 42.7 Å². The van der Waals surface area contributed by atoms with Gasteiger partial charge in [-0.05, 0) is 42.8 Å². The fraction of sp³-hybridized carbons (Fsp3) is 0.357. The lowest BCUT2D eigenvalue weighted by Gasteiger charge is -2.31. The van der Waals surface area contributed by atoms with Crippen molar-refractivity contribution in [2.24, 2.45) is 0 Å². The zero-order chi connectivity index (χ0) is 26.1. The summed E-state index contributed by atoms with van der Waals surface area (Å²) in [5.74, 6) is 5.18. The van der Waals surface area contributed by atoms with Crippen molar-refractivity contribution >= 4 is 33.8 Å². The molecule has 0 bridgehead atoms. The first-order valence-electron chi connectivity index (χ1n) is 11.8. The Kier molecular flexibility index (Phi) is 10.0. The molecule has 6 nitrogen and oxygen atoms in total. The largest absolute Gasteiger partial charge is 0.492 e. The summed E-state index contributed by atoms with van der Waals surface area (Å²) >= 11 is 1.86. The van der Waals surface area contributed by atoms with Gasteiger partial charge in [-0.15, -0.1) is 0 Å². The van der Waals surface area contributed by atoms with Crippen LogP contribution in [-0.4, -0.2) is 48.4 Å². The van der Waals surface area contributed by atoms with Gasteiger partial charge in [-0.25, -0.2) is 0 Å². The molecule has 0 aliphatic rings. The molecule has 0 aromatic heterocycles. The van der Waals surface area contributed by atoms with Gasteiger partial charge in [0.1, 0.15) is 0 Å². The van der Waals surface area contributed by atoms with E-state index in [1.54, 1.807) is 42.7 Å². The number of hydrogen-bond acceptors (Lipinski definition) is 7. The van der Waals surface area contributed by atoms with E-state index in [2.05, 4.69) is 6.92 Å². The summed E-state index contributed by atoms with van der Waals surface area (Å²) in [5, 5.41) is 2.80. The molecule has 3 rings (SSSR count). The Morgan fingerprint density at radius 1 is 0.528 bits per heavy atom.